The molecule has 2 nitrogen and oxygen atoms in total. The highest BCUT2D eigenvalue weighted by Gasteiger charge is 2.07. The van der Waals surface area contributed by atoms with Crippen molar-refractivity contribution in [3.8, 4) is 5.75 Å². The Balaban J connectivity index is 2.88. The first kappa shape index (κ1) is 10.8. The first-order chi connectivity index (χ1) is 6.15. The van der Waals surface area contributed by atoms with Crippen molar-refractivity contribution in [3.05, 3.63) is 27.4 Å². The van der Waals surface area contributed by atoms with Gasteiger partial charge in [-0.3, -0.25) is 0 Å². The molecule has 0 saturated heterocycles. The Morgan fingerprint density at radius 1 is 1.54 bits per heavy atom. The van der Waals surface area contributed by atoms with Crippen LogP contribution >= 0.6 is 27.5 Å². The van der Waals surface area contributed by atoms with E-state index in [2.05, 4.69) is 15.9 Å². The third-order valence-electron chi connectivity index (χ3n) is 1.35. The van der Waals surface area contributed by atoms with Gasteiger partial charge in [-0.15, -0.1) is 0 Å². The molecular formula is C8H8BrClFNO. The van der Waals surface area contributed by atoms with Crippen molar-refractivity contribution >= 4 is 27.5 Å². The number of nitrogens with two attached hydrogens (primary N) is 1. The third kappa shape index (κ3) is 2.83. The zero-order chi connectivity index (χ0) is 9.84. The number of rotatable bonds is 3. The van der Waals surface area contributed by atoms with Crippen LogP contribution in [0, 0.1) is 5.82 Å². The van der Waals surface area contributed by atoms with E-state index in [0.29, 0.717) is 28.4 Å². The molecule has 5 heteroatoms. The van der Waals surface area contributed by atoms with E-state index in [1.807, 2.05) is 0 Å². The largest absolute Gasteiger partial charge is 0.491 e. The quantitative estimate of drug-likeness (QED) is 0.855. The summed E-state index contributed by atoms with van der Waals surface area (Å²) in [6.45, 7) is 0.689. The molecule has 0 amide bonds. The summed E-state index contributed by atoms with van der Waals surface area (Å²) >= 11 is 8.78. The zero-order valence-corrected chi connectivity index (χ0v) is 9.03. The molecule has 0 spiro atoms. The lowest BCUT2D eigenvalue weighted by Crippen LogP contribution is -2.10. The highest BCUT2D eigenvalue weighted by Crippen LogP contribution is 2.30. The summed E-state index contributed by atoms with van der Waals surface area (Å²) in [5.41, 5.74) is 5.22. The lowest BCUT2D eigenvalue weighted by atomic mass is 10.3. The molecule has 72 valence electrons. The Kier molecular flexibility index (Phi) is 3.96. The number of hydrogen-bond acceptors (Lipinski definition) is 2. The maximum absolute atomic E-state index is 13.0. The molecule has 0 atom stereocenters. The van der Waals surface area contributed by atoms with E-state index in [4.69, 9.17) is 22.1 Å². The van der Waals surface area contributed by atoms with Crippen LogP contribution < -0.4 is 10.5 Å². The van der Waals surface area contributed by atoms with Gasteiger partial charge in [-0.1, -0.05) is 11.6 Å². The van der Waals surface area contributed by atoms with E-state index in [-0.39, 0.29) is 0 Å². The van der Waals surface area contributed by atoms with Crippen molar-refractivity contribution in [1.29, 1.82) is 0 Å². The van der Waals surface area contributed by atoms with Gasteiger partial charge in [0.15, 0.2) is 0 Å². The molecule has 0 aromatic heterocycles. The normalized spacial score (nSPS) is 10.2. The second kappa shape index (κ2) is 4.79. The van der Waals surface area contributed by atoms with Crippen LogP contribution in [0.3, 0.4) is 0 Å². The van der Waals surface area contributed by atoms with E-state index in [9.17, 15) is 4.39 Å². The second-order valence-electron chi connectivity index (χ2n) is 2.33. The summed E-state index contributed by atoms with van der Waals surface area (Å²) in [5, 5.41) is 0.363. The van der Waals surface area contributed by atoms with E-state index < -0.39 is 5.82 Å². The highest BCUT2D eigenvalue weighted by atomic mass is 79.9. The lowest BCUT2D eigenvalue weighted by Gasteiger charge is -2.07. The standard InChI is InChI=1S/C8H8BrClFNO/c9-5-3-6(10)8(4-7(5)11)13-2-1-12/h3-4H,1-2,12H2. The van der Waals surface area contributed by atoms with Gasteiger partial charge in [0.2, 0.25) is 0 Å². The predicted octanol–water partition coefficient (Wildman–Crippen LogP) is 2.58. The molecule has 0 bridgehead atoms. The fourth-order valence-corrected chi connectivity index (χ4v) is 1.48. The van der Waals surface area contributed by atoms with Crippen LogP contribution in [-0.2, 0) is 0 Å². The Morgan fingerprint density at radius 2 is 2.23 bits per heavy atom. The molecule has 0 fully saturated rings. The van der Waals surface area contributed by atoms with E-state index >= 15 is 0 Å². The van der Waals surface area contributed by atoms with Crippen LogP contribution in [0.4, 0.5) is 4.39 Å². The highest BCUT2D eigenvalue weighted by molar-refractivity contribution is 9.10. The SMILES string of the molecule is NCCOc1cc(F)c(Br)cc1Cl. The predicted molar refractivity (Wildman–Crippen MR) is 53.7 cm³/mol. The number of benzene rings is 1. The Labute approximate surface area is 89.0 Å². The molecule has 0 aliphatic heterocycles. The van der Waals surface area contributed by atoms with Crippen LogP contribution in [0.25, 0.3) is 0 Å². The van der Waals surface area contributed by atoms with Crippen LogP contribution in [0.15, 0.2) is 16.6 Å². The molecule has 13 heavy (non-hydrogen) atoms. The van der Waals surface area contributed by atoms with Gasteiger partial charge in [-0.05, 0) is 22.0 Å². The summed E-state index contributed by atoms with van der Waals surface area (Å²) in [4.78, 5) is 0. The van der Waals surface area contributed by atoms with Gasteiger partial charge in [0.1, 0.15) is 18.2 Å². The molecule has 0 radical (unpaired) electrons. The smallest absolute Gasteiger partial charge is 0.141 e. The van der Waals surface area contributed by atoms with Crippen molar-refractivity contribution in [1.82, 2.24) is 0 Å². The monoisotopic (exact) mass is 267 g/mol. The van der Waals surface area contributed by atoms with Crippen LogP contribution in [0.1, 0.15) is 0 Å². The topological polar surface area (TPSA) is 35.2 Å². The van der Waals surface area contributed by atoms with Gasteiger partial charge in [0.05, 0.1) is 9.50 Å². The molecule has 0 aliphatic carbocycles. The fraction of sp³-hybridized carbons (Fsp3) is 0.250. The molecule has 1 aromatic rings. The van der Waals surface area contributed by atoms with Gasteiger partial charge >= 0.3 is 0 Å². The summed E-state index contributed by atoms with van der Waals surface area (Å²) in [7, 11) is 0. The molecule has 2 N–H and O–H groups in total. The zero-order valence-electron chi connectivity index (χ0n) is 6.69. The number of halogens is 3. The minimum atomic E-state index is -0.406. The van der Waals surface area contributed by atoms with Crippen molar-refractivity contribution in [3.63, 3.8) is 0 Å². The van der Waals surface area contributed by atoms with E-state index in [1.54, 1.807) is 0 Å². The van der Waals surface area contributed by atoms with Crippen LogP contribution in [-0.4, -0.2) is 13.2 Å². The molecule has 1 aromatic carbocycles. The molecule has 0 heterocycles. The van der Waals surface area contributed by atoms with Gasteiger partial charge < -0.3 is 10.5 Å². The van der Waals surface area contributed by atoms with Crippen LogP contribution in [0.2, 0.25) is 5.02 Å². The van der Waals surface area contributed by atoms with E-state index in [0.717, 1.165) is 0 Å². The molecule has 1 rings (SSSR count). The second-order valence-corrected chi connectivity index (χ2v) is 3.60. The van der Waals surface area contributed by atoms with Crippen LogP contribution in [0.5, 0.6) is 5.75 Å². The Hall–Kier alpha value is -0.320. The summed E-state index contributed by atoms with van der Waals surface area (Å²) < 4.78 is 18.4. The Bertz CT molecular complexity index is 308. The fourth-order valence-electron chi connectivity index (χ4n) is 0.784. The van der Waals surface area contributed by atoms with Gasteiger partial charge in [0, 0.05) is 12.6 Å². The summed E-state index contributed by atoms with van der Waals surface area (Å²) in [6.07, 6.45) is 0. The van der Waals surface area contributed by atoms with Gasteiger partial charge in [-0.25, -0.2) is 4.39 Å². The molecule has 0 unspecified atom stereocenters. The summed E-state index contributed by atoms with van der Waals surface area (Å²) in [6, 6.07) is 2.67. The number of hydrogen-bond donors (Lipinski definition) is 1. The molecule has 0 saturated carbocycles. The minimum Gasteiger partial charge on any atom is -0.491 e. The average molecular weight is 269 g/mol. The van der Waals surface area contributed by atoms with Gasteiger partial charge in [0.25, 0.3) is 0 Å². The Morgan fingerprint density at radius 3 is 2.85 bits per heavy atom. The average Bonchev–Trinajstić information content (AvgIpc) is 2.09. The summed E-state index contributed by atoms with van der Waals surface area (Å²) in [5.74, 6) is -0.0933. The minimum absolute atomic E-state index is 0.313. The first-order valence-corrected chi connectivity index (χ1v) is 4.79. The van der Waals surface area contributed by atoms with Crippen molar-refractivity contribution in [2.24, 2.45) is 5.73 Å². The lowest BCUT2D eigenvalue weighted by molar-refractivity contribution is 0.326. The maximum Gasteiger partial charge on any atom is 0.141 e. The molecular weight excluding hydrogens is 260 g/mol. The van der Waals surface area contributed by atoms with Crippen molar-refractivity contribution < 1.29 is 9.13 Å². The number of ether oxygens (including phenoxy) is 1. The third-order valence-corrected chi connectivity index (χ3v) is 2.25. The first-order valence-electron chi connectivity index (χ1n) is 3.62. The van der Waals surface area contributed by atoms with Gasteiger partial charge in [-0.2, -0.15) is 0 Å². The van der Waals surface area contributed by atoms with E-state index in [1.165, 1.54) is 12.1 Å². The van der Waals surface area contributed by atoms with Crippen molar-refractivity contribution in [2.45, 2.75) is 0 Å². The van der Waals surface area contributed by atoms with Crippen molar-refractivity contribution in [2.75, 3.05) is 13.2 Å². The maximum atomic E-state index is 13.0. The molecule has 0 aliphatic rings.